The van der Waals surface area contributed by atoms with E-state index in [9.17, 15) is 13.2 Å². The standard InChI is InChI=1S/C25H34N2O6S/c1-19(33-22-7-5-20(6-8-22)25(2,3)4)24(28)26-13-16-32-21-9-11-23(12-10-21)34(29,30)27-14-17-31-18-15-27/h5-12,19H,13-18H2,1-4H3,(H,26,28)/t19-/m1/s1. The molecule has 2 aromatic rings. The van der Waals surface area contributed by atoms with Gasteiger partial charge in [-0.2, -0.15) is 4.31 Å². The number of hydrogen-bond donors (Lipinski definition) is 1. The number of carbonyl (C=O) groups is 1. The minimum Gasteiger partial charge on any atom is -0.492 e. The first kappa shape index (κ1) is 26.0. The minimum atomic E-state index is -3.53. The van der Waals surface area contributed by atoms with Gasteiger partial charge in [0.05, 0.1) is 24.7 Å². The monoisotopic (exact) mass is 490 g/mol. The maximum atomic E-state index is 12.7. The van der Waals surface area contributed by atoms with Crippen LogP contribution in [0, 0.1) is 0 Å². The third kappa shape index (κ3) is 6.94. The van der Waals surface area contributed by atoms with Crippen molar-refractivity contribution in [3.8, 4) is 11.5 Å². The van der Waals surface area contributed by atoms with Gasteiger partial charge in [0.15, 0.2) is 6.10 Å². The summed E-state index contributed by atoms with van der Waals surface area (Å²) in [6, 6.07) is 14.0. The Bertz CT molecular complexity index is 1040. The minimum absolute atomic E-state index is 0.0544. The molecule has 0 bridgehead atoms. The second kappa shape index (κ2) is 11.2. The molecule has 34 heavy (non-hydrogen) atoms. The summed E-state index contributed by atoms with van der Waals surface area (Å²) in [5, 5.41) is 2.78. The molecule has 0 aromatic heterocycles. The summed E-state index contributed by atoms with van der Waals surface area (Å²) >= 11 is 0. The van der Waals surface area contributed by atoms with Crippen molar-refractivity contribution in [3.05, 3.63) is 54.1 Å². The topological polar surface area (TPSA) is 94.2 Å². The molecule has 0 aliphatic carbocycles. The van der Waals surface area contributed by atoms with Gasteiger partial charge in [-0.05, 0) is 54.3 Å². The molecule has 2 aromatic carbocycles. The lowest BCUT2D eigenvalue weighted by Gasteiger charge is -2.26. The Morgan fingerprint density at radius 1 is 1.03 bits per heavy atom. The van der Waals surface area contributed by atoms with Gasteiger partial charge in [-0.1, -0.05) is 32.9 Å². The number of amides is 1. The van der Waals surface area contributed by atoms with Gasteiger partial charge in [0.1, 0.15) is 18.1 Å². The number of ether oxygens (including phenoxy) is 3. The molecule has 0 radical (unpaired) electrons. The van der Waals surface area contributed by atoms with Crippen LogP contribution in [0.15, 0.2) is 53.4 Å². The van der Waals surface area contributed by atoms with Crippen LogP contribution >= 0.6 is 0 Å². The van der Waals surface area contributed by atoms with E-state index in [1.807, 2.05) is 24.3 Å². The summed E-state index contributed by atoms with van der Waals surface area (Å²) in [4.78, 5) is 12.5. The maximum absolute atomic E-state index is 12.7. The third-order valence-electron chi connectivity index (χ3n) is 5.50. The van der Waals surface area contributed by atoms with E-state index in [2.05, 4.69) is 26.1 Å². The average Bonchev–Trinajstić information content (AvgIpc) is 2.82. The number of rotatable bonds is 9. The van der Waals surface area contributed by atoms with Crippen LogP contribution in [0.1, 0.15) is 33.3 Å². The predicted molar refractivity (Wildman–Crippen MR) is 130 cm³/mol. The van der Waals surface area contributed by atoms with E-state index in [-0.39, 0.29) is 22.8 Å². The molecule has 1 atom stereocenters. The molecule has 3 rings (SSSR count). The van der Waals surface area contributed by atoms with Crippen molar-refractivity contribution in [3.63, 3.8) is 0 Å². The largest absolute Gasteiger partial charge is 0.492 e. The van der Waals surface area contributed by atoms with Gasteiger partial charge in [0, 0.05) is 13.1 Å². The molecule has 0 unspecified atom stereocenters. The Morgan fingerprint density at radius 2 is 1.62 bits per heavy atom. The second-order valence-corrected chi connectivity index (χ2v) is 11.1. The molecule has 1 aliphatic rings. The summed E-state index contributed by atoms with van der Waals surface area (Å²) in [6.07, 6.45) is -0.648. The van der Waals surface area contributed by atoms with E-state index >= 15 is 0 Å². The maximum Gasteiger partial charge on any atom is 0.260 e. The van der Waals surface area contributed by atoms with E-state index < -0.39 is 16.1 Å². The van der Waals surface area contributed by atoms with Crippen molar-refractivity contribution in [1.82, 2.24) is 9.62 Å². The number of morpholine rings is 1. The van der Waals surface area contributed by atoms with Crippen LogP contribution < -0.4 is 14.8 Å². The van der Waals surface area contributed by atoms with Gasteiger partial charge in [-0.25, -0.2) is 8.42 Å². The summed E-state index contributed by atoms with van der Waals surface area (Å²) in [5.74, 6) is 0.924. The van der Waals surface area contributed by atoms with Crippen molar-refractivity contribution in [2.75, 3.05) is 39.5 Å². The highest BCUT2D eigenvalue weighted by molar-refractivity contribution is 7.89. The number of hydrogen-bond acceptors (Lipinski definition) is 6. The molecule has 1 amide bonds. The lowest BCUT2D eigenvalue weighted by Crippen LogP contribution is -2.40. The fourth-order valence-electron chi connectivity index (χ4n) is 3.42. The second-order valence-electron chi connectivity index (χ2n) is 9.16. The average molecular weight is 491 g/mol. The molecule has 8 nitrogen and oxygen atoms in total. The fraction of sp³-hybridized carbons (Fsp3) is 0.480. The Hall–Kier alpha value is -2.62. The molecule has 1 fully saturated rings. The lowest BCUT2D eigenvalue weighted by molar-refractivity contribution is -0.127. The van der Waals surface area contributed by atoms with Crippen LogP contribution in [0.4, 0.5) is 0 Å². The molecule has 1 heterocycles. The molecular formula is C25H34N2O6S. The summed E-state index contributed by atoms with van der Waals surface area (Å²) in [7, 11) is -3.53. The molecule has 1 aliphatic heterocycles. The Labute approximate surface area is 202 Å². The summed E-state index contributed by atoms with van der Waals surface area (Å²) in [5.41, 5.74) is 1.25. The summed E-state index contributed by atoms with van der Waals surface area (Å²) < 4.78 is 43.3. The Balaban J connectivity index is 1.42. The van der Waals surface area contributed by atoms with E-state index in [4.69, 9.17) is 14.2 Å². The van der Waals surface area contributed by atoms with E-state index in [0.29, 0.717) is 44.3 Å². The van der Waals surface area contributed by atoms with Gasteiger partial charge in [0.25, 0.3) is 5.91 Å². The normalized spacial score (nSPS) is 16.0. The highest BCUT2D eigenvalue weighted by Gasteiger charge is 2.26. The molecule has 186 valence electrons. The zero-order chi connectivity index (χ0) is 24.8. The van der Waals surface area contributed by atoms with Crippen molar-refractivity contribution >= 4 is 15.9 Å². The number of carbonyl (C=O) groups excluding carboxylic acids is 1. The fourth-order valence-corrected chi connectivity index (χ4v) is 4.83. The van der Waals surface area contributed by atoms with E-state index in [1.54, 1.807) is 19.1 Å². The predicted octanol–water partition coefficient (Wildman–Crippen LogP) is 2.97. The van der Waals surface area contributed by atoms with Gasteiger partial charge in [-0.15, -0.1) is 0 Å². The van der Waals surface area contributed by atoms with E-state index in [0.717, 1.165) is 0 Å². The molecule has 0 spiro atoms. The number of sulfonamides is 1. The van der Waals surface area contributed by atoms with Gasteiger partial charge in [-0.3, -0.25) is 4.79 Å². The molecule has 0 saturated carbocycles. The van der Waals surface area contributed by atoms with Gasteiger partial charge >= 0.3 is 0 Å². The zero-order valence-corrected chi connectivity index (χ0v) is 21.1. The highest BCUT2D eigenvalue weighted by atomic mass is 32.2. The first-order valence-electron chi connectivity index (χ1n) is 11.4. The van der Waals surface area contributed by atoms with Gasteiger partial charge < -0.3 is 19.5 Å². The number of benzene rings is 2. The Morgan fingerprint density at radius 3 is 2.21 bits per heavy atom. The van der Waals surface area contributed by atoms with Crippen molar-refractivity contribution in [2.45, 2.75) is 44.1 Å². The van der Waals surface area contributed by atoms with Crippen LogP contribution in [0.2, 0.25) is 0 Å². The van der Waals surface area contributed by atoms with Crippen molar-refractivity contribution in [1.29, 1.82) is 0 Å². The molecule has 1 saturated heterocycles. The number of nitrogens with one attached hydrogen (secondary N) is 1. The van der Waals surface area contributed by atoms with Crippen LogP contribution in [0.3, 0.4) is 0 Å². The molecule has 1 N–H and O–H groups in total. The van der Waals surface area contributed by atoms with E-state index in [1.165, 1.54) is 22.0 Å². The van der Waals surface area contributed by atoms with Crippen LogP contribution in [0.5, 0.6) is 11.5 Å². The van der Waals surface area contributed by atoms with Crippen LogP contribution in [0.25, 0.3) is 0 Å². The molecule has 9 heteroatoms. The first-order valence-corrected chi connectivity index (χ1v) is 12.9. The van der Waals surface area contributed by atoms with Gasteiger partial charge in [0.2, 0.25) is 10.0 Å². The third-order valence-corrected chi connectivity index (χ3v) is 7.42. The summed E-state index contributed by atoms with van der Waals surface area (Å²) in [6.45, 7) is 10.2. The van der Waals surface area contributed by atoms with Crippen molar-refractivity contribution < 1.29 is 27.4 Å². The quantitative estimate of drug-likeness (QED) is 0.543. The first-order chi connectivity index (χ1) is 16.1. The van der Waals surface area contributed by atoms with Crippen LogP contribution in [-0.4, -0.2) is 64.2 Å². The number of nitrogens with zero attached hydrogens (tertiary/aromatic N) is 1. The Kier molecular flexibility index (Phi) is 8.57. The smallest absolute Gasteiger partial charge is 0.260 e. The lowest BCUT2D eigenvalue weighted by atomic mass is 9.87. The SMILES string of the molecule is C[C@@H](Oc1ccc(C(C)(C)C)cc1)C(=O)NCCOc1ccc(S(=O)(=O)N2CCOCC2)cc1. The zero-order valence-electron chi connectivity index (χ0n) is 20.2. The highest BCUT2D eigenvalue weighted by Crippen LogP contribution is 2.25. The van der Waals surface area contributed by atoms with Crippen LogP contribution in [-0.2, 0) is 25.0 Å². The molecular weight excluding hydrogens is 456 g/mol. The van der Waals surface area contributed by atoms with Crippen molar-refractivity contribution in [2.24, 2.45) is 0 Å².